The van der Waals surface area contributed by atoms with Crippen molar-refractivity contribution < 1.29 is 14.3 Å². The second kappa shape index (κ2) is 11.9. The van der Waals surface area contributed by atoms with Crippen LogP contribution in [0.15, 0.2) is 35.0 Å². The Labute approximate surface area is 181 Å². The van der Waals surface area contributed by atoms with Gasteiger partial charge in [0.05, 0.1) is 23.3 Å². The molecule has 0 aliphatic rings. The van der Waals surface area contributed by atoms with E-state index in [1.165, 1.54) is 6.08 Å². The Bertz CT molecular complexity index is 630. The van der Waals surface area contributed by atoms with Gasteiger partial charge >= 0.3 is 0 Å². The number of benzene rings is 1. The van der Waals surface area contributed by atoms with Crippen LogP contribution in [0, 0.1) is 5.41 Å². The highest BCUT2D eigenvalue weighted by Crippen LogP contribution is 2.37. The Balaban J connectivity index is 2.34. The molecule has 1 aromatic rings. The van der Waals surface area contributed by atoms with Gasteiger partial charge in [-0.15, -0.1) is 0 Å². The van der Waals surface area contributed by atoms with Gasteiger partial charge in [-0.2, -0.15) is 0 Å². The van der Waals surface area contributed by atoms with E-state index in [0.717, 1.165) is 18.5 Å². The van der Waals surface area contributed by atoms with Crippen molar-refractivity contribution in [1.82, 2.24) is 5.48 Å². The fourth-order valence-electron chi connectivity index (χ4n) is 1.70. The second-order valence-electron chi connectivity index (χ2n) is 6.76. The van der Waals surface area contributed by atoms with Gasteiger partial charge in [0.25, 0.3) is 0 Å². The van der Waals surface area contributed by atoms with Gasteiger partial charge in [-0.3, -0.25) is 10.3 Å². The van der Waals surface area contributed by atoms with Crippen LogP contribution in [0.25, 0.3) is 0 Å². The van der Waals surface area contributed by atoms with Crippen molar-refractivity contribution in [2.75, 3.05) is 19.8 Å². The average Bonchev–Trinajstić information content (AvgIpc) is 2.54. The lowest BCUT2D eigenvalue weighted by molar-refractivity contribution is 0.0464. The topological polar surface area (TPSA) is 39.7 Å². The van der Waals surface area contributed by atoms with Crippen molar-refractivity contribution in [3.63, 3.8) is 0 Å². The Morgan fingerprint density at radius 2 is 1.67 bits per heavy atom. The Morgan fingerprint density at radius 1 is 1.07 bits per heavy atom. The summed E-state index contributed by atoms with van der Waals surface area (Å²) in [6.07, 6.45) is 3.11. The molecule has 0 fully saturated rings. The highest BCUT2D eigenvalue weighted by molar-refractivity contribution is 6.55. The van der Waals surface area contributed by atoms with Gasteiger partial charge in [-0.05, 0) is 18.9 Å². The zero-order chi connectivity index (χ0) is 20.4. The van der Waals surface area contributed by atoms with E-state index in [0.29, 0.717) is 34.8 Å². The standard InChI is InChI=1S/C19H25Cl4NO3/c1-13(19(2,3)4)24-27-9-6-5-8-26-18-15(20)11-14(12-16(18)21)25-10-7-17(22)23/h7,11-12,24H,1,5-6,8-10H2,2-4H3. The van der Waals surface area contributed by atoms with Crippen molar-refractivity contribution in [2.24, 2.45) is 5.41 Å². The first-order valence-electron chi connectivity index (χ1n) is 8.44. The van der Waals surface area contributed by atoms with Crippen molar-refractivity contribution in [3.05, 3.63) is 45.0 Å². The van der Waals surface area contributed by atoms with Crippen LogP contribution in [0.5, 0.6) is 11.5 Å². The van der Waals surface area contributed by atoms with Crippen molar-refractivity contribution in [1.29, 1.82) is 0 Å². The molecule has 4 nitrogen and oxygen atoms in total. The molecule has 0 amide bonds. The van der Waals surface area contributed by atoms with E-state index in [4.69, 9.17) is 60.7 Å². The second-order valence-corrected chi connectivity index (χ2v) is 8.58. The Hall–Kier alpha value is -0.780. The molecule has 0 heterocycles. The lowest BCUT2D eigenvalue weighted by Gasteiger charge is -2.22. The maximum absolute atomic E-state index is 6.21. The zero-order valence-electron chi connectivity index (χ0n) is 15.7. The van der Waals surface area contributed by atoms with E-state index in [-0.39, 0.29) is 16.5 Å². The molecule has 1 N–H and O–H groups in total. The summed E-state index contributed by atoms with van der Waals surface area (Å²) in [4.78, 5) is 5.39. The summed E-state index contributed by atoms with van der Waals surface area (Å²) in [6, 6.07) is 3.26. The molecule has 152 valence electrons. The molecule has 0 atom stereocenters. The van der Waals surface area contributed by atoms with E-state index < -0.39 is 0 Å². The largest absolute Gasteiger partial charge is 0.490 e. The molecule has 0 saturated heterocycles. The lowest BCUT2D eigenvalue weighted by Crippen LogP contribution is -2.24. The minimum absolute atomic E-state index is 0.0427. The normalized spacial score (nSPS) is 11.1. The van der Waals surface area contributed by atoms with Crippen LogP contribution < -0.4 is 15.0 Å². The molecule has 0 aliphatic heterocycles. The first-order chi connectivity index (χ1) is 12.6. The maximum atomic E-state index is 6.21. The number of allylic oxidation sites excluding steroid dienone is 1. The molecule has 0 bridgehead atoms. The molecule has 8 heteroatoms. The molecule has 0 spiro atoms. The third-order valence-corrected chi connectivity index (χ3v) is 4.32. The van der Waals surface area contributed by atoms with E-state index in [9.17, 15) is 0 Å². The molecule has 27 heavy (non-hydrogen) atoms. The van der Waals surface area contributed by atoms with Crippen LogP contribution in [-0.2, 0) is 4.84 Å². The Morgan fingerprint density at radius 3 is 2.22 bits per heavy atom. The van der Waals surface area contributed by atoms with Crippen molar-refractivity contribution in [2.45, 2.75) is 33.6 Å². The monoisotopic (exact) mass is 455 g/mol. The third-order valence-electron chi connectivity index (χ3n) is 3.45. The summed E-state index contributed by atoms with van der Waals surface area (Å²) in [6.45, 7) is 11.3. The summed E-state index contributed by atoms with van der Waals surface area (Å²) >= 11 is 23.5. The quantitative estimate of drug-likeness (QED) is 0.289. The van der Waals surface area contributed by atoms with Gasteiger partial charge in [0, 0.05) is 23.2 Å². The number of unbranched alkanes of at least 4 members (excludes halogenated alkanes) is 1. The average molecular weight is 457 g/mol. The number of halogens is 4. The van der Waals surface area contributed by atoms with E-state index in [1.54, 1.807) is 12.1 Å². The van der Waals surface area contributed by atoms with Crippen LogP contribution in [0.4, 0.5) is 0 Å². The predicted molar refractivity (Wildman–Crippen MR) is 114 cm³/mol. The van der Waals surface area contributed by atoms with Crippen LogP contribution in [0.2, 0.25) is 10.0 Å². The number of nitrogens with one attached hydrogen (secondary N) is 1. The molecule has 0 aromatic heterocycles. The first kappa shape index (κ1) is 24.3. The third kappa shape index (κ3) is 9.82. The molecule has 1 rings (SSSR count). The van der Waals surface area contributed by atoms with Gasteiger partial charge in [-0.25, -0.2) is 0 Å². The van der Waals surface area contributed by atoms with E-state index >= 15 is 0 Å². The summed E-state index contributed by atoms with van der Waals surface area (Å²) < 4.78 is 11.3. The smallest absolute Gasteiger partial charge is 0.156 e. The molecule has 0 aliphatic carbocycles. The summed E-state index contributed by atoms with van der Waals surface area (Å²) in [5.74, 6) is 0.929. The number of hydrogen-bond acceptors (Lipinski definition) is 4. The van der Waals surface area contributed by atoms with Crippen LogP contribution >= 0.6 is 46.4 Å². The fraction of sp³-hybridized carbons (Fsp3) is 0.474. The summed E-state index contributed by atoms with van der Waals surface area (Å²) in [7, 11) is 0. The van der Waals surface area contributed by atoms with Crippen LogP contribution in [-0.4, -0.2) is 19.8 Å². The number of hydrogen-bond donors (Lipinski definition) is 1. The number of ether oxygens (including phenoxy) is 2. The molecule has 0 unspecified atom stereocenters. The molecular formula is C19H25Cl4NO3. The maximum Gasteiger partial charge on any atom is 0.156 e. The van der Waals surface area contributed by atoms with Gasteiger partial charge in [0.1, 0.15) is 16.8 Å². The SMILES string of the molecule is C=C(NOCCCCOc1c(Cl)cc(OCC=C(Cl)Cl)cc1Cl)C(C)(C)C. The highest BCUT2D eigenvalue weighted by Gasteiger charge is 2.14. The molecule has 0 radical (unpaired) electrons. The lowest BCUT2D eigenvalue weighted by atomic mass is 9.94. The van der Waals surface area contributed by atoms with Gasteiger partial charge in [0.2, 0.25) is 0 Å². The molecule has 0 saturated carbocycles. The predicted octanol–water partition coefficient (Wildman–Crippen LogP) is 6.93. The van der Waals surface area contributed by atoms with Crippen LogP contribution in [0.3, 0.4) is 0 Å². The van der Waals surface area contributed by atoms with E-state index in [1.807, 2.05) is 0 Å². The van der Waals surface area contributed by atoms with Crippen molar-refractivity contribution in [3.8, 4) is 11.5 Å². The van der Waals surface area contributed by atoms with Crippen molar-refractivity contribution >= 4 is 46.4 Å². The summed E-state index contributed by atoms with van der Waals surface area (Å²) in [5, 5.41) is 0.746. The summed E-state index contributed by atoms with van der Waals surface area (Å²) in [5.41, 5.74) is 3.66. The zero-order valence-corrected chi connectivity index (χ0v) is 18.7. The number of rotatable bonds is 11. The van der Waals surface area contributed by atoms with Gasteiger partial charge in [-0.1, -0.05) is 73.8 Å². The molecular weight excluding hydrogens is 432 g/mol. The highest BCUT2D eigenvalue weighted by atomic mass is 35.5. The van der Waals surface area contributed by atoms with Gasteiger partial charge < -0.3 is 9.47 Å². The Kier molecular flexibility index (Phi) is 10.7. The fourth-order valence-corrected chi connectivity index (χ4v) is 2.40. The number of hydroxylamine groups is 1. The first-order valence-corrected chi connectivity index (χ1v) is 9.95. The minimum atomic E-state index is -0.0427. The van der Waals surface area contributed by atoms with Gasteiger partial charge in [0.15, 0.2) is 5.75 Å². The minimum Gasteiger partial charge on any atom is -0.490 e. The van der Waals surface area contributed by atoms with E-state index in [2.05, 4.69) is 32.8 Å². The van der Waals surface area contributed by atoms with Crippen LogP contribution in [0.1, 0.15) is 33.6 Å². The molecule has 1 aromatic carbocycles.